The van der Waals surface area contributed by atoms with Gasteiger partial charge in [-0.3, -0.25) is 10.1 Å². The van der Waals surface area contributed by atoms with Crippen molar-refractivity contribution in [1.29, 1.82) is 0 Å². The van der Waals surface area contributed by atoms with Gasteiger partial charge >= 0.3 is 5.69 Å². The van der Waals surface area contributed by atoms with Crippen LogP contribution in [0.1, 0.15) is 18.8 Å². The van der Waals surface area contributed by atoms with Crippen LogP contribution in [0.2, 0.25) is 5.02 Å². The molecule has 18 heavy (non-hydrogen) atoms. The van der Waals surface area contributed by atoms with Gasteiger partial charge in [0.15, 0.2) is 0 Å². The molecule has 0 radical (unpaired) electrons. The summed E-state index contributed by atoms with van der Waals surface area (Å²) in [7, 11) is 0. The highest BCUT2D eigenvalue weighted by Crippen LogP contribution is 2.27. The number of hydrogen-bond donors (Lipinski definition) is 2. The van der Waals surface area contributed by atoms with Gasteiger partial charge < -0.3 is 10.3 Å². The maximum absolute atomic E-state index is 10.9. The first-order valence-electron chi connectivity index (χ1n) is 5.13. The van der Waals surface area contributed by atoms with Crippen molar-refractivity contribution in [3.63, 3.8) is 0 Å². The van der Waals surface area contributed by atoms with Gasteiger partial charge in [-0.15, -0.1) is 0 Å². The Morgan fingerprint density at radius 3 is 2.94 bits per heavy atom. The Hall–Kier alpha value is -2.15. The third-order valence-electron chi connectivity index (χ3n) is 2.31. The molecule has 0 bridgehead atoms. The predicted molar refractivity (Wildman–Crippen MR) is 66.5 cm³/mol. The minimum atomic E-state index is -0.532. The smallest absolute Gasteiger partial charge is 0.312 e. The van der Waals surface area contributed by atoms with E-state index in [4.69, 9.17) is 11.6 Å². The van der Waals surface area contributed by atoms with E-state index in [1.165, 1.54) is 12.3 Å². The molecule has 0 aliphatic carbocycles. The highest BCUT2D eigenvalue weighted by atomic mass is 35.5. The number of aromatic amines is 1. The largest absolute Gasteiger partial charge is 0.355 e. The fourth-order valence-corrected chi connectivity index (χ4v) is 1.62. The van der Waals surface area contributed by atoms with Crippen LogP contribution in [0.15, 0.2) is 24.7 Å². The van der Waals surface area contributed by atoms with E-state index < -0.39 is 4.92 Å². The molecular weight excluding hydrogens is 258 g/mol. The third kappa shape index (κ3) is 2.57. The summed E-state index contributed by atoms with van der Waals surface area (Å²) in [5.74, 6) is 0.828. The number of pyridine rings is 1. The Balaban J connectivity index is 2.26. The number of nitro groups is 1. The van der Waals surface area contributed by atoms with Crippen LogP contribution >= 0.6 is 11.6 Å². The van der Waals surface area contributed by atoms with E-state index >= 15 is 0 Å². The molecule has 94 valence electrons. The van der Waals surface area contributed by atoms with Crippen molar-refractivity contribution in [3.05, 3.63) is 45.6 Å². The molecule has 2 rings (SSSR count). The summed E-state index contributed by atoms with van der Waals surface area (Å²) in [5, 5.41) is 14.0. The Morgan fingerprint density at radius 2 is 2.33 bits per heavy atom. The summed E-state index contributed by atoms with van der Waals surface area (Å²) in [5.41, 5.74) is -0.166. The number of hydrogen-bond acceptors (Lipinski definition) is 5. The number of imidazole rings is 1. The van der Waals surface area contributed by atoms with E-state index in [-0.39, 0.29) is 22.6 Å². The number of nitrogens with one attached hydrogen (secondary N) is 2. The van der Waals surface area contributed by atoms with Crippen LogP contribution in [-0.2, 0) is 0 Å². The summed E-state index contributed by atoms with van der Waals surface area (Å²) in [4.78, 5) is 21.3. The van der Waals surface area contributed by atoms with E-state index in [0.29, 0.717) is 5.82 Å². The molecular formula is C10H10ClN5O2. The Bertz CT molecular complexity index is 557. The van der Waals surface area contributed by atoms with Crippen molar-refractivity contribution in [3.8, 4) is 0 Å². The molecule has 0 aliphatic heterocycles. The summed E-state index contributed by atoms with van der Waals surface area (Å²) in [6, 6.07) is 1.03. The third-order valence-corrected chi connectivity index (χ3v) is 2.52. The molecule has 8 heteroatoms. The minimum Gasteiger partial charge on any atom is -0.355 e. The monoisotopic (exact) mass is 267 g/mol. The lowest BCUT2D eigenvalue weighted by atomic mass is 10.3. The number of nitrogens with zero attached hydrogens (tertiary/aromatic N) is 3. The number of aromatic nitrogens is 3. The average Bonchev–Trinajstić information content (AvgIpc) is 2.84. The van der Waals surface area contributed by atoms with E-state index in [9.17, 15) is 10.1 Å². The van der Waals surface area contributed by atoms with Crippen molar-refractivity contribution >= 4 is 23.1 Å². The molecule has 0 aliphatic rings. The van der Waals surface area contributed by atoms with E-state index in [2.05, 4.69) is 20.3 Å². The van der Waals surface area contributed by atoms with Gasteiger partial charge in [0.05, 0.1) is 16.0 Å². The fourth-order valence-electron chi connectivity index (χ4n) is 1.47. The lowest BCUT2D eigenvalue weighted by molar-refractivity contribution is -0.384. The normalized spacial score (nSPS) is 12.1. The van der Waals surface area contributed by atoms with Gasteiger partial charge in [-0.25, -0.2) is 9.97 Å². The second-order valence-electron chi connectivity index (χ2n) is 3.62. The van der Waals surface area contributed by atoms with Crippen molar-refractivity contribution in [2.45, 2.75) is 13.0 Å². The van der Waals surface area contributed by atoms with Gasteiger partial charge in [-0.2, -0.15) is 0 Å². The average molecular weight is 268 g/mol. The molecule has 7 nitrogen and oxygen atoms in total. The van der Waals surface area contributed by atoms with Crippen LogP contribution in [0.4, 0.5) is 11.5 Å². The molecule has 0 aromatic carbocycles. The second kappa shape index (κ2) is 5.01. The summed E-state index contributed by atoms with van der Waals surface area (Å²) in [6.45, 7) is 1.82. The SMILES string of the molecule is CC(Nc1ncc(Cl)cc1[N+](=O)[O-])c1ncc[nH]1. The molecule has 2 N–H and O–H groups in total. The van der Waals surface area contributed by atoms with E-state index in [1.54, 1.807) is 12.4 Å². The van der Waals surface area contributed by atoms with E-state index in [0.717, 1.165) is 0 Å². The van der Waals surface area contributed by atoms with Crippen molar-refractivity contribution in [2.24, 2.45) is 0 Å². The van der Waals surface area contributed by atoms with Crippen LogP contribution in [0.5, 0.6) is 0 Å². The molecule has 0 spiro atoms. The highest BCUT2D eigenvalue weighted by molar-refractivity contribution is 6.30. The molecule has 0 saturated carbocycles. The van der Waals surface area contributed by atoms with Crippen LogP contribution in [0.25, 0.3) is 0 Å². The molecule has 1 atom stereocenters. The first-order chi connectivity index (χ1) is 8.58. The van der Waals surface area contributed by atoms with Crippen LogP contribution in [-0.4, -0.2) is 19.9 Å². The van der Waals surface area contributed by atoms with Gasteiger partial charge in [-0.1, -0.05) is 11.6 Å². The van der Waals surface area contributed by atoms with Crippen molar-refractivity contribution < 1.29 is 4.92 Å². The number of H-pyrrole nitrogens is 1. The molecule has 0 fully saturated rings. The molecule has 2 aromatic rings. The zero-order chi connectivity index (χ0) is 13.1. The number of anilines is 1. The number of halogens is 1. The van der Waals surface area contributed by atoms with Crippen molar-refractivity contribution in [1.82, 2.24) is 15.0 Å². The summed E-state index contributed by atoms with van der Waals surface area (Å²) >= 11 is 5.68. The quantitative estimate of drug-likeness (QED) is 0.655. The standard InChI is InChI=1S/C10H10ClN5O2/c1-6(9-12-2-3-13-9)15-10-8(16(17)18)4-7(11)5-14-10/h2-6H,1H3,(H,12,13)(H,14,15). The predicted octanol–water partition coefficient (Wildman–Crippen LogP) is 2.54. The maximum Gasteiger partial charge on any atom is 0.312 e. The molecule has 0 saturated heterocycles. The zero-order valence-corrected chi connectivity index (χ0v) is 10.2. The summed E-state index contributed by atoms with van der Waals surface area (Å²) < 4.78 is 0. The van der Waals surface area contributed by atoms with Gasteiger partial charge in [0, 0.05) is 24.7 Å². The Morgan fingerprint density at radius 1 is 1.56 bits per heavy atom. The van der Waals surface area contributed by atoms with Crippen LogP contribution < -0.4 is 5.32 Å². The lowest BCUT2D eigenvalue weighted by Crippen LogP contribution is -2.11. The Labute approximate surface area is 107 Å². The van der Waals surface area contributed by atoms with Crippen LogP contribution in [0, 0.1) is 10.1 Å². The molecule has 2 aromatic heterocycles. The molecule has 2 heterocycles. The topological polar surface area (TPSA) is 96.7 Å². The fraction of sp³-hybridized carbons (Fsp3) is 0.200. The van der Waals surface area contributed by atoms with Gasteiger partial charge in [0.2, 0.25) is 5.82 Å². The summed E-state index contributed by atoms with van der Waals surface area (Å²) in [6.07, 6.45) is 4.64. The lowest BCUT2D eigenvalue weighted by Gasteiger charge is -2.12. The first kappa shape index (κ1) is 12.3. The van der Waals surface area contributed by atoms with Gasteiger partial charge in [0.1, 0.15) is 5.82 Å². The van der Waals surface area contributed by atoms with Crippen LogP contribution in [0.3, 0.4) is 0 Å². The molecule has 0 amide bonds. The highest BCUT2D eigenvalue weighted by Gasteiger charge is 2.18. The van der Waals surface area contributed by atoms with Gasteiger partial charge in [0.25, 0.3) is 0 Å². The molecule has 1 unspecified atom stereocenters. The van der Waals surface area contributed by atoms with E-state index in [1.807, 2.05) is 6.92 Å². The number of rotatable bonds is 4. The zero-order valence-electron chi connectivity index (χ0n) is 9.42. The second-order valence-corrected chi connectivity index (χ2v) is 4.06. The van der Waals surface area contributed by atoms with Gasteiger partial charge in [-0.05, 0) is 6.92 Å². The maximum atomic E-state index is 10.9. The minimum absolute atomic E-state index is 0.160. The first-order valence-corrected chi connectivity index (χ1v) is 5.51. The van der Waals surface area contributed by atoms with Crippen molar-refractivity contribution in [2.75, 3.05) is 5.32 Å². The Kier molecular flexibility index (Phi) is 3.42.